The molecule has 4 aromatic heterocycles. The molecule has 2 aromatic carbocycles. The van der Waals surface area contributed by atoms with E-state index in [9.17, 15) is 19.2 Å². The van der Waals surface area contributed by atoms with Gasteiger partial charge >= 0.3 is 6.09 Å². The third kappa shape index (κ3) is 10.1. The second-order valence-electron chi connectivity index (χ2n) is 15.4. The number of fused-ring (bicyclic) bond motifs is 2. The smallest absolute Gasteiger partial charge is 0.409 e. The van der Waals surface area contributed by atoms with Gasteiger partial charge in [0.05, 0.1) is 48.3 Å². The van der Waals surface area contributed by atoms with Gasteiger partial charge in [0.1, 0.15) is 33.1 Å². The lowest BCUT2D eigenvalue weighted by molar-refractivity contribution is 0.0891. The Kier molecular flexibility index (Phi) is 14.4. The van der Waals surface area contributed by atoms with Crippen molar-refractivity contribution in [3.63, 3.8) is 0 Å². The van der Waals surface area contributed by atoms with Gasteiger partial charge in [0.15, 0.2) is 0 Å². The first kappa shape index (κ1) is 46.2. The second-order valence-corrected chi connectivity index (χ2v) is 16.6. The summed E-state index contributed by atoms with van der Waals surface area (Å²) in [5, 5.41) is 11.2. The van der Waals surface area contributed by atoms with Gasteiger partial charge in [-0.05, 0) is 69.5 Å². The van der Waals surface area contributed by atoms with Crippen LogP contribution in [0.2, 0.25) is 0 Å². The fourth-order valence-electron chi connectivity index (χ4n) is 7.88. The van der Waals surface area contributed by atoms with Crippen molar-refractivity contribution in [2.24, 2.45) is 11.5 Å². The number of imidazole rings is 2. The molecule has 0 unspecified atom stereocenters. The first-order valence-electron chi connectivity index (χ1n) is 21.4. The summed E-state index contributed by atoms with van der Waals surface area (Å²) in [5.74, 6) is -0.0000816. The summed E-state index contributed by atoms with van der Waals surface area (Å²) in [7, 11) is 2.95. The summed E-state index contributed by atoms with van der Waals surface area (Å²) in [6.07, 6.45) is 4.72. The third-order valence-electron chi connectivity index (χ3n) is 11.1. The maximum absolute atomic E-state index is 13.9. The molecule has 0 aliphatic carbocycles. The van der Waals surface area contributed by atoms with Gasteiger partial charge in [-0.25, -0.2) is 19.7 Å². The number of nitrogens with zero attached hydrogens (tertiary/aromatic N) is 9. The fraction of sp³-hybridized carbons (Fsp3) is 0.409. The molecule has 6 aromatic rings. The molecule has 0 spiro atoms. The van der Waals surface area contributed by atoms with E-state index in [-0.39, 0.29) is 43.1 Å². The number of ether oxygens (including phenoxy) is 3. The molecule has 0 bridgehead atoms. The molecule has 1 aliphatic heterocycles. The highest BCUT2D eigenvalue weighted by molar-refractivity contribution is 7.13. The number of rotatable bonds is 18. The molecule has 6 N–H and O–H groups in total. The van der Waals surface area contributed by atoms with E-state index in [0.29, 0.717) is 114 Å². The van der Waals surface area contributed by atoms with Gasteiger partial charge < -0.3 is 39.7 Å². The van der Waals surface area contributed by atoms with E-state index in [0.717, 1.165) is 17.1 Å². The van der Waals surface area contributed by atoms with Crippen molar-refractivity contribution in [3.8, 4) is 11.5 Å². The topological polar surface area (TPSA) is 245 Å². The van der Waals surface area contributed by atoms with E-state index in [1.165, 1.54) is 18.4 Å². The van der Waals surface area contributed by atoms with Crippen molar-refractivity contribution < 1.29 is 33.4 Å². The van der Waals surface area contributed by atoms with Gasteiger partial charge in [-0.15, -0.1) is 11.3 Å². The summed E-state index contributed by atoms with van der Waals surface area (Å²) < 4.78 is 22.4. The van der Waals surface area contributed by atoms with Gasteiger partial charge in [0, 0.05) is 64.5 Å². The first-order chi connectivity index (χ1) is 31.3. The molecule has 20 nitrogen and oxygen atoms in total. The number of aromatic nitrogens is 7. The largest absolute Gasteiger partial charge is 0.494 e. The average molecular weight is 910 g/mol. The molecule has 0 saturated carbocycles. The first-order valence-corrected chi connectivity index (χ1v) is 22.3. The molecule has 65 heavy (non-hydrogen) atoms. The van der Waals surface area contributed by atoms with Crippen LogP contribution in [0.4, 0.5) is 16.7 Å². The van der Waals surface area contributed by atoms with E-state index in [1.807, 2.05) is 56.5 Å². The summed E-state index contributed by atoms with van der Waals surface area (Å²) in [6.45, 7) is 12.3. The number of carbonyl (C=O) groups is 4. The van der Waals surface area contributed by atoms with Crippen molar-refractivity contribution in [2.75, 3.05) is 64.2 Å². The number of primary amides is 1. The molecule has 7 rings (SSSR count). The molecule has 21 heteroatoms. The standard InChI is InChI=1S/C44H55N13O7S/c1-7-30-38(65-27(4)47-30)41(60)51-43-48-31-21-28(25-45)22-34(62-5)36(31)55(43)13-9-10-14-56-37-32(49-42(56)50-40(59)33-20-26(3)52-57(33)8-2)23-29(39(46)58)24-35(37)64-19-11-12-53-15-17-54(18-16-53)44(61)63-6/h9-10,20-24H,7-8,11-19,25,45H2,1-6H3,(H2,46,58)(H,48,51,60)(H,49,50,59)/b10-9+. The number of hydrogen-bond donors (Lipinski definition) is 4. The Morgan fingerprint density at radius 2 is 1.51 bits per heavy atom. The zero-order valence-corrected chi connectivity index (χ0v) is 38.3. The van der Waals surface area contributed by atoms with Crippen LogP contribution >= 0.6 is 11.3 Å². The van der Waals surface area contributed by atoms with Gasteiger partial charge in [-0.2, -0.15) is 5.10 Å². The number of hydrogen-bond acceptors (Lipinski definition) is 14. The highest BCUT2D eigenvalue weighted by Gasteiger charge is 2.25. The van der Waals surface area contributed by atoms with Crippen LogP contribution in [0.25, 0.3) is 22.1 Å². The van der Waals surface area contributed by atoms with E-state index in [1.54, 1.807) is 39.5 Å². The fourth-order valence-corrected chi connectivity index (χ4v) is 8.78. The number of nitrogens with two attached hydrogens (primary N) is 2. The number of allylic oxidation sites excluding steroid dienone is 2. The van der Waals surface area contributed by atoms with Gasteiger partial charge in [0.2, 0.25) is 17.8 Å². The Labute approximate surface area is 379 Å². The molecule has 1 saturated heterocycles. The average Bonchev–Trinajstić information content (AvgIpc) is 4.07. The number of aryl methyl sites for hydroxylation is 4. The Morgan fingerprint density at radius 3 is 2.12 bits per heavy atom. The van der Waals surface area contributed by atoms with Crippen LogP contribution in [0, 0.1) is 13.8 Å². The third-order valence-corrected chi connectivity index (χ3v) is 12.1. The van der Waals surface area contributed by atoms with E-state index in [4.69, 9.17) is 35.6 Å². The molecule has 1 aliphatic rings. The minimum absolute atomic E-state index is 0.192. The van der Waals surface area contributed by atoms with Crippen molar-refractivity contribution in [3.05, 3.63) is 80.6 Å². The molecule has 4 amide bonds. The molecule has 344 valence electrons. The Hall–Kier alpha value is -6.84. The summed E-state index contributed by atoms with van der Waals surface area (Å²) >= 11 is 1.33. The van der Waals surface area contributed by atoms with E-state index >= 15 is 0 Å². The lowest BCUT2D eigenvalue weighted by Gasteiger charge is -2.33. The van der Waals surface area contributed by atoms with Crippen LogP contribution in [0.15, 0.2) is 42.5 Å². The lowest BCUT2D eigenvalue weighted by atomic mass is 10.1. The zero-order chi connectivity index (χ0) is 46.4. The number of anilines is 2. The number of piperazine rings is 1. The van der Waals surface area contributed by atoms with Crippen LogP contribution < -0.4 is 31.6 Å². The Balaban J connectivity index is 1.21. The van der Waals surface area contributed by atoms with Crippen LogP contribution in [0.1, 0.15) is 72.7 Å². The number of benzene rings is 2. The number of nitrogens with one attached hydrogen (secondary N) is 2. The van der Waals surface area contributed by atoms with E-state index in [2.05, 4.69) is 25.6 Å². The molecule has 0 radical (unpaired) electrons. The highest BCUT2D eigenvalue weighted by atomic mass is 32.1. The van der Waals surface area contributed by atoms with Crippen molar-refractivity contribution in [1.82, 2.24) is 43.7 Å². The quantitative estimate of drug-likeness (QED) is 0.0675. The summed E-state index contributed by atoms with van der Waals surface area (Å²) in [4.78, 5) is 70.8. The Bertz CT molecular complexity index is 2760. The molecular weight excluding hydrogens is 855 g/mol. The number of thiazole rings is 1. The molecule has 1 fully saturated rings. The SMILES string of the molecule is CCc1nc(C)sc1C(=O)Nc1nc2cc(CN)cc(OC)c2n1C/C=C/Cn1c(NC(=O)c2cc(C)nn2CC)nc2cc(C(N)=O)cc(OCCCN3CCN(C(=O)OC)CC3)c21. The summed E-state index contributed by atoms with van der Waals surface area (Å²) in [6, 6.07) is 8.59. The normalized spacial score (nSPS) is 13.2. The van der Waals surface area contributed by atoms with Crippen molar-refractivity contribution in [1.29, 1.82) is 0 Å². The molecular formula is C44H55N13O7S. The number of amides is 4. The lowest BCUT2D eigenvalue weighted by Crippen LogP contribution is -2.48. The highest BCUT2D eigenvalue weighted by Crippen LogP contribution is 2.33. The van der Waals surface area contributed by atoms with Crippen LogP contribution in [0.5, 0.6) is 11.5 Å². The number of carbonyl (C=O) groups excluding carboxylic acids is 4. The predicted octanol–water partition coefficient (Wildman–Crippen LogP) is 4.72. The van der Waals surface area contributed by atoms with Gasteiger partial charge in [-0.1, -0.05) is 19.1 Å². The minimum atomic E-state index is -0.663. The maximum Gasteiger partial charge on any atom is 0.409 e. The minimum Gasteiger partial charge on any atom is -0.494 e. The zero-order valence-electron chi connectivity index (χ0n) is 37.5. The van der Waals surface area contributed by atoms with Crippen LogP contribution in [-0.4, -0.2) is 121 Å². The number of methoxy groups -OCH3 is 2. The van der Waals surface area contributed by atoms with Gasteiger partial charge in [-0.3, -0.25) is 34.6 Å². The van der Waals surface area contributed by atoms with Crippen LogP contribution in [0.3, 0.4) is 0 Å². The molecule has 0 atom stereocenters. The van der Waals surface area contributed by atoms with Crippen LogP contribution in [-0.2, 0) is 37.3 Å². The Morgan fingerprint density at radius 1 is 0.846 bits per heavy atom. The monoisotopic (exact) mass is 909 g/mol. The second kappa shape index (κ2) is 20.3. The van der Waals surface area contributed by atoms with E-state index < -0.39 is 11.8 Å². The van der Waals surface area contributed by atoms with Crippen molar-refractivity contribution in [2.45, 2.75) is 66.7 Å². The van der Waals surface area contributed by atoms with Crippen molar-refractivity contribution >= 4 is 69.1 Å². The maximum atomic E-state index is 13.9. The summed E-state index contributed by atoms with van der Waals surface area (Å²) in [5.41, 5.74) is 16.8. The predicted molar refractivity (Wildman–Crippen MR) is 247 cm³/mol. The molecule has 5 heterocycles. The van der Waals surface area contributed by atoms with Gasteiger partial charge in [0.25, 0.3) is 11.8 Å².